The predicted octanol–water partition coefficient (Wildman–Crippen LogP) is 4.18. The van der Waals surface area contributed by atoms with Crippen molar-refractivity contribution >= 4 is 27.5 Å². The summed E-state index contributed by atoms with van der Waals surface area (Å²) in [5.41, 5.74) is 0.882. The monoisotopic (exact) mass is 494 g/mol. The van der Waals surface area contributed by atoms with Crippen LogP contribution in [0, 0.1) is 6.92 Å². The molecule has 0 radical (unpaired) electrons. The first kappa shape index (κ1) is 25.3. The summed E-state index contributed by atoms with van der Waals surface area (Å²) in [5, 5.41) is 3.46. The number of sulfonamides is 1. The molecule has 1 aliphatic rings. The van der Waals surface area contributed by atoms with Gasteiger partial charge in [-0.25, -0.2) is 8.42 Å². The lowest BCUT2D eigenvalue weighted by atomic mass is 10.2. The van der Waals surface area contributed by atoms with Crippen molar-refractivity contribution in [1.29, 1.82) is 0 Å². The van der Waals surface area contributed by atoms with Gasteiger partial charge in [-0.15, -0.1) is 0 Å². The minimum Gasteiger partial charge on any atom is -0.492 e. The van der Waals surface area contributed by atoms with Gasteiger partial charge in [0, 0.05) is 18.1 Å². The first-order valence-corrected chi connectivity index (χ1v) is 13.1. The minimum absolute atomic E-state index is 0.225. The van der Waals surface area contributed by atoms with E-state index in [9.17, 15) is 13.2 Å². The molecule has 1 amide bonds. The summed E-state index contributed by atoms with van der Waals surface area (Å²) in [5.74, 6) is 0.910. The van der Waals surface area contributed by atoms with Gasteiger partial charge in [0.2, 0.25) is 10.0 Å². The quantitative estimate of drug-likeness (QED) is 0.501. The van der Waals surface area contributed by atoms with Crippen molar-refractivity contribution in [1.82, 2.24) is 9.62 Å². The Balaban J connectivity index is 1.45. The zero-order valence-corrected chi connectivity index (χ0v) is 20.6. The van der Waals surface area contributed by atoms with Crippen LogP contribution < -0.4 is 14.8 Å². The molecule has 1 heterocycles. The van der Waals surface area contributed by atoms with Crippen molar-refractivity contribution < 1.29 is 22.7 Å². The summed E-state index contributed by atoms with van der Waals surface area (Å²) in [6, 6.07) is 11.7. The van der Waals surface area contributed by atoms with Crippen molar-refractivity contribution in [2.24, 2.45) is 0 Å². The molecule has 1 aliphatic heterocycles. The molecule has 1 unspecified atom stereocenters. The third kappa shape index (κ3) is 6.85. The van der Waals surface area contributed by atoms with E-state index in [0.29, 0.717) is 42.6 Å². The van der Waals surface area contributed by atoms with E-state index in [4.69, 9.17) is 21.1 Å². The number of nitrogens with one attached hydrogen (secondary N) is 1. The maximum absolute atomic E-state index is 12.7. The Kier molecular flexibility index (Phi) is 9.00. The first-order valence-electron chi connectivity index (χ1n) is 11.2. The molecule has 1 saturated heterocycles. The molecule has 0 spiro atoms. The molecule has 2 aromatic rings. The fourth-order valence-corrected chi connectivity index (χ4v) is 5.23. The number of piperidine rings is 1. The van der Waals surface area contributed by atoms with Crippen LogP contribution in [0.25, 0.3) is 0 Å². The van der Waals surface area contributed by atoms with Gasteiger partial charge < -0.3 is 14.8 Å². The number of carbonyl (C=O) groups excluding carboxylic acids is 1. The predicted molar refractivity (Wildman–Crippen MR) is 128 cm³/mol. The lowest BCUT2D eigenvalue weighted by Crippen LogP contribution is -2.39. The Morgan fingerprint density at radius 1 is 1.09 bits per heavy atom. The molecule has 2 aromatic carbocycles. The lowest BCUT2D eigenvalue weighted by molar-refractivity contribution is -0.128. The topological polar surface area (TPSA) is 84.9 Å². The van der Waals surface area contributed by atoms with Gasteiger partial charge in [0.1, 0.15) is 18.1 Å². The number of aryl methyl sites for hydroxylation is 1. The molecule has 3 rings (SSSR count). The van der Waals surface area contributed by atoms with E-state index >= 15 is 0 Å². The molecule has 1 fully saturated rings. The zero-order valence-electron chi connectivity index (χ0n) is 19.1. The molecule has 0 bridgehead atoms. The molecule has 0 aromatic heterocycles. The third-order valence-electron chi connectivity index (χ3n) is 5.52. The van der Waals surface area contributed by atoms with E-state index in [2.05, 4.69) is 5.32 Å². The zero-order chi connectivity index (χ0) is 23.8. The highest BCUT2D eigenvalue weighted by molar-refractivity contribution is 7.89. The SMILES string of the molecule is CCC(Oc1ccc(Cl)c(C)c1)C(=O)NCCOc1ccc(S(=O)(=O)N2CCCCC2)cc1. The van der Waals surface area contributed by atoms with Gasteiger partial charge in [-0.2, -0.15) is 4.31 Å². The number of hydrogen-bond donors (Lipinski definition) is 1. The average molecular weight is 495 g/mol. The molecule has 0 saturated carbocycles. The Bertz CT molecular complexity index is 1040. The van der Waals surface area contributed by atoms with Crippen LogP contribution in [0.15, 0.2) is 47.4 Å². The molecule has 180 valence electrons. The van der Waals surface area contributed by atoms with Crippen LogP contribution in [0.1, 0.15) is 38.2 Å². The van der Waals surface area contributed by atoms with Crippen molar-refractivity contribution in [3.8, 4) is 11.5 Å². The van der Waals surface area contributed by atoms with Gasteiger partial charge in [-0.3, -0.25) is 4.79 Å². The minimum atomic E-state index is -3.46. The van der Waals surface area contributed by atoms with Gasteiger partial charge in [0.25, 0.3) is 5.91 Å². The fraction of sp³-hybridized carbons (Fsp3) is 0.458. The first-order chi connectivity index (χ1) is 15.8. The van der Waals surface area contributed by atoms with Crippen LogP contribution in [0.5, 0.6) is 11.5 Å². The fourth-order valence-electron chi connectivity index (χ4n) is 3.60. The molecular formula is C24H31ClN2O5S. The summed E-state index contributed by atoms with van der Waals surface area (Å²) >= 11 is 6.03. The smallest absolute Gasteiger partial charge is 0.261 e. The van der Waals surface area contributed by atoms with E-state index in [1.807, 2.05) is 13.8 Å². The molecule has 1 atom stereocenters. The second-order valence-electron chi connectivity index (χ2n) is 8.00. The molecule has 0 aliphatic carbocycles. The number of hydrogen-bond acceptors (Lipinski definition) is 5. The van der Waals surface area contributed by atoms with Crippen LogP contribution in [-0.4, -0.2) is 51.0 Å². The summed E-state index contributed by atoms with van der Waals surface area (Å²) in [6.07, 6.45) is 2.76. The lowest BCUT2D eigenvalue weighted by Gasteiger charge is -2.25. The van der Waals surface area contributed by atoms with Crippen LogP contribution in [-0.2, 0) is 14.8 Å². The second kappa shape index (κ2) is 11.7. The van der Waals surface area contributed by atoms with Crippen molar-refractivity contribution in [3.63, 3.8) is 0 Å². The van der Waals surface area contributed by atoms with E-state index in [1.54, 1.807) is 46.8 Å². The van der Waals surface area contributed by atoms with Crippen LogP contribution in [0.3, 0.4) is 0 Å². The number of halogens is 1. The number of carbonyl (C=O) groups is 1. The molecular weight excluding hydrogens is 464 g/mol. The Morgan fingerprint density at radius 3 is 2.39 bits per heavy atom. The normalized spacial score (nSPS) is 15.6. The number of rotatable bonds is 10. The van der Waals surface area contributed by atoms with Gasteiger partial charge in [-0.05, 0) is 74.2 Å². The highest BCUT2D eigenvalue weighted by Gasteiger charge is 2.25. The third-order valence-corrected chi connectivity index (χ3v) is 7.85. The Hall–Kier alpha value is -2.29. The average Bonchev–Trinajstić information content (AvgIpc) is 2.83. The molecule has 7 nitrogen and oxygen atoms in total. The van der Waals surface area contributed by atoms with Gasteiger partial charge in [-0.1, -0.05) is 24.9 Å². The molecule has 1 N–H and O–H groups in total. The summed E-state index contributed by atoms with van der Waals surface area (Å²) in [7, 11) is -3.46. The largest absolute Gasteiger partial charge is 0.492 e. The number of benzene rings is 2. The number of nitrogens with zero attached hydrogens (tertiary/aromatic N) is 1. The second-order valence-corrected chi connectivity index (χ2v) is 10.3. The highest BCUT2D eigenvalue weighted by Crippen LogP contribution is 2.23. The van der Waals surface area contributed by atoms with Crippen LogP contribution >= 0.6 is 11.6 Å². The van der Waals surface area contributed by atoms with Gasteiger partial charge >= 0.3 is 0 Å². The molecule has 33 heavy (non-hydrogen) atoms. The van der Waals surface area contributed by atoms with Gasteiger partial charge in [0.15, 0.2) is 6.10 Å². The number of amides is 1. The maximum atomic E-state index is 12.7. The number of ether oxygens (including phenoxy) is 2. The van der Waals surface area contributed by atoms with Crippen LogP contribution in [0.2, 0.25) is 5.02 Å². The van der Waals surface area contributed by atoms with E-state index < -0.39 is 16.1 Å². The maximum Gasteiger partial charge on any atom is 0.261 e. The van der Waals surface area contributed by atoms with E-state index in [0.717, 1.165) is 24.8 Å². The highest BCUT2D eigenvalue weighted by atomic mass is 35.5. The van der Waals surface area contributed by atoms with Crippen molar-refractivity contribution in [2.45, 2.75) is 50.5 Å². The standard InChI is InChI=1S/C24H31ClN2O5S/c1-3-23(32-20-9-12-22(25)18(2)17-20)24(28)26-13-16-31-19-7-10-21(11-8-19)33(29,30)27-14-5-4-6-15-27/h7-12,17,23H,3-6,13-16H2,1-2H3,(H,26,28). The van der Waals surface area contributed by atoms with Crippen molar-refractivity contribution in [3.05, 3.63) is 53.1 Å². The van der Waals surface area contributed by atoms with E-state index in [-0.39, 0.29) is 17.4 Å². The summed E-state index contributed by atoms with van der Waals surface area (Å²) in [6.45, 7) is 5.44. The summed E-state index contributed by atoms with van der Waals surface area (Å²) < 4.78 is 38.4. The summed E-state index contributed by atoms with van der Waals surface area (Å²) in [4.78, 5) is 12.7. The van der Waals surface area contributed by atoms with Crippen LogP contribution in [0.4, 0.5) is 0 Å². The Morgan fingerprint density at radius 2 is 1.76 bits per heavy atom. The molecule has 9 heteroatoms. The van der Waals surface area contributed by atoms with Gasteiger partial charge in [0.05, 0.1) is 11.4 Å². The Labute approximate surface area is 201 Å². The van der Waals surface area contributed by atoms with Crippen molar-refractivity contribution in [2.75, 3.05) is 26.2 Å². The van der Waals surface area contributed by atoms with E-state index in [1.165, 1.54) is 0 Å².